The zero-order chi connectivity index (χ0) is 16.6. The number of halogens is 3. The molecule has 0 spiro atoms. The zero-order valence-electron chi connectivity index (χ0n) is 12.4. The molecule has 1 aliphatic rings. The maximum absolute atomic E-state index is 13.7. The second kappa shape index (κ2) is 5.94. The number of hydrogen-bond acceptors (Lipinski definition) is 4. The minimum Gasteiger partial charge on any atom is -0.360 e. The van der Waals surface area contributed by atoms with Gasteiger partial charge in [0.25, 0.3) is 5.91 Å². The Morgan fingerprint density at radius 2 is 1.83 bits per heavy atom. The van der Waals surface area contributed by atoms with Crippen molar-refractivity contribution in [2.45, 2.75) is 6.92 Å². The topological polar surface area (TPSA) is 49.6 Å². The third kappa shape index (κ3) is 2.88. The van der Waals surface area contributed by atoms with Gasteiger partial charge in [0.15, 0.2) is 23.3 Å². The van der Waals surface area contributed by atoms with Gasteiger partial charge in [-0.2, -0.15) is 0 Å². The monoisotopic (exact) mass is 325 g/mol. The average Bonchev–Trinajstić information content (AvgIpc) is 2.99. The molecule has 8 heteroatoms. The molecule has 1 aromatic carbocycles. The number of hydrogen-bond donors (Lipinski definition) is 0. The Morgan fingerprint density at radius 3 is 2.43 bits per heavy atom. The number of rotatable bonds is 2. The van der Waals surface area contributed by atoms with Gasteiger partial charge in [-0.3, -0.25) is 4.79 Å². The highest BCUT2D eigenvalue weighted by Gasteiger charge is 2.27. The van der Waals surface area contributed by atoms with Gasteiger partial charge in [0.05, 0.1) is 5.56 Å². The summed E-state index contributed by atoms with van der Waals surface area (Å²) in [4.78, 5) is 15.6. The average molecular weight is 325 g/mol. The smallest absolute Gasteiger partial charge is 0.257 e. The molecule has 1 fully saturated rings. The first-order valence-corrected chi connectivity index (χ1v) is 7.08. The fourth-order valence-electron chi connectivity index (χ4n) is 2.50. The quantitative estimate of drug-likeness (QED) is 0.796. The summed E-state index contributed by atoms with van der Waals surface area (Å²) in [6.07, 6.45) is 0. The Kier molecular flexibility index (Phi) is 3.97. The van der Waals surface area contributed by atoms with E-state index in [-0.39, 0.29) is 0 Å². The van der Waals surface area contributed by atoms with Crippen molar-refractivity contribution in [2.24, 2.45) is 0 Å². The first-order valence-electron chi connectivity index (χ1n) is 7.08. The SMILES string of the molecule is Cc1cc(N2CCN(C(=O)c3ccc(F)c(F)c3F)CC2)no1. The number of nitrogens with zero attached hydrogens (tertiary/aromatic N) is 3. The van der Waals surface area contributed by atoms with Gasteiger partial charge >= 0.3 is 0 Å². The molecule has 0 radical (unpaired) electrons. The summed E-state index contributed by atoms with van der Waals surface area (Å²) in [6.45, 7) is 3.40. The lowest BCUT2D eigenvalue weighted by Gasteiger charge is -2.34. The number of anilines is 1. The van der Waals surface area contributed by atoms with Crippen molar-refractivity contribution >= 4 is 11.7 Å². The Morgan fingerprint density at radius 1 is 1.13 bits per heavy atom. The van der Waals surface area contributed by atoms with E-state index in [9.17, 15) is 18.0 Å². The van der Waals surface area contributed by atoms with Crippen molar-refractivity contribution in [1.29, 1.82) is 0 Å². The fraction of sp³-hybridized carbons (Fsp3) is 0.333. The maximum Gasteiger partial charge on any atom is 0.257 e. The van der Waals surface area contributed by atoms with Crippen LogP contribution in [0.2, 0.25) is 0 Å². The normalized spacial score (nSPS) is 15.1. The third-order valence-corrected chi connectivity index (χ3v) is 3.77. The van der Waals surface area contributed by atoms with Crippen LogP contribution in [0.25, 0.3) is 0 Å². The molecular weight excluding hydrogens is 311 g/mol. The number of benzene rings is 1. The third-order valence-electron chi connectivity index (χ3n) is 3.77. The van der Waals surface area contributed by atoms with E-state index < -0.39 is 28.9 Å². The van der Waals surface area contributed by atoms with Gasteiger partial charge in [0.1, 0.15) is 5.76 Å². The minimum atomic E-state index is -1.63. The van der Waals surface area contributed by atoms with Crippen LogP contribution < -0.4 is 4.90 Å². The highest BCUT2D eigenvalue weighted by atomic mass is 19.2. The number of amides is 1. The molecule has 0 unspecified atom stereocenters. The van der Waals surface area contributed by atoms with Gasteiger partial charge in [-0.1, -0.05) is 5.16 Å². The molecule has 0 atom stereocenters. The van der Waals surface area contributed by atoms with Crippen LogP contribution in [0.5, 0.6) is 0 Å². The van der Waals surface area contributed by atoms with Gasteiger partial charge in [-0.25, -0.2) is 13.2 Å². The molecule has 0 N–H and O–H groups in total. The Hall–Kier alpha value is -2.51. The molecule has 2 aromatic rings. The highest BCUT2D eigenvalue weighted by molar-refractivity contribution is 5.94. The van der Waals surface area contributed by atoms with Gasteiger partial charge in [0, 0.05) is 32.2 Å². The fourth-order valence-corrected chi connectivity index (χ4v) is 2.50. The number of aryl methyl sites for hydroxylation is 1. The summed E-state index contributed by atoms with van der Waals surface area (Å²) in [5.74, 6) is -3.70. The van der Waals surface area contributed by atoms with Gasteiger partial charge in [-0.05, 0) is 19.1 Å². The molecule has 1 aliphatic heterocycles. The van der Waals surface area contributed by atoms with Crippen molar-refractivity contribution in [3.05, 3.63) is 47.0 Å². The largest absolute Gasteiger partial charge is 0.360 e. The second-order valence-corrected chi connectivity index (χ2v) is 5.30. The summed E-state index contributed by atoms with van der Waals surface area (Å²) in [6, 6.07) is 3.50. The van der Waals surface area contributed by atoms with Crippen LogP contribution >= 0.6 is 0 Å². The molecule has 5 nitrogen and oxygen atoms in total. The summed E-state index contributed by atoms with van der Waals surface area (Å²) in [7, 11) is 0. The van der Waals surface area contributed by atoms with E-state index in [0.717, 1.165) is 12.1 Å². The Balaban J connectivity index is 1.70. The molecular formula is C15H14F3N3O2. The Labute approximate surface area is 130 Å². The maximum atomic E-state index is 13.7. The number of piperazine rings is 1. The molecule has 122 valence electrons. The van der Waals surface area contributed by atoms with Gasteiger partial charge in [-0.15, -0.1) is 0 Å². The van der Waals surface area contributed by atoms with Crippen LogP contribution in [-0.4, -0.2) is 42.1 Å². The number of carbonyl (C=O) groups excluding carboxylic acids is 1. The van der Waals surface area contributed by atoms with Crippen molar-refractivity contribution in [2.75, 3.05) is 31.1 Å². The van der Waals surface area contributed by atoms with Crippen LogP contribution in [0.4, 0.5) is 19.0 Å². The lowest BCUT2D eigenvalue weighted by atomic mass is 10.1. The summed E-state index contributed by atoms with van der Waals surface area (Å²) < 4.78 is 44.9. The number of aromatic nitrogens is 1. The van der Waals surface area contributed by atoms with E-state index in [1.165, 1.54) is 4.90 Å². The van der Waals surface area contributed by atoms with Crippen molar-refractivity contribution in [3.8, 4) is 0 Å². The van der Waals surface area contributed by atoms with Crippen molar-refractivity contribution in [3.63, 3.8) is 0 Å². The molecule has 0 saturated carbocycles. The summed E-state index contributed by atoms with van der Waals surface area (Å²) in [5.41, 5.74) is -0.463. The lowest BCUT2D eigenvalue weighted by Crippen LogP contribution is -2.49. The number of carbonyl (C=O) groups is 1. The molecule has 3 rings (SSSR count). The second-order valence-electron chi connectivity index (χ2n) is 5.30. The van der Waals surface area contributed by atoms with Crippen molar-refractivity contribution in [1.82, 2.24) is 10.1 Å². The molecule has 1 amide bonds. The van der Waals surface area contributed by atoms with Crippen LogP contribution in [0, 0.1) is 24.4 Å². The Bertz CT molecular complexity index is 740. The van der Waals surface area contributed by atoms with Crippen LogP contribution in [0.1, 0.15) is 16.1 Å². The summed E-state index contributed by atoms with van der Waals surface area (Å²) >= 11 is 0. The van der Waals surface area contributed by atoms with Gasteiger partial charge < -0.3 is 14.3 Å². The molecule has 2 heterocycles. The first-order chi connectivity index (χ1) is 11.0. The molecule has 0 bridgehead atoms. The zero-order valence-corrected chi connectivity index (χ0v) is 12.4. The van der Waals surface area contributed by atoms with Crippen LogP contribution in [-0.2, 0) is 0 Å². The van der Waals surface area contributed by atoms with E-state index in [0.29, 0.717) is 37.8 Å². The van der Waals surface area contributed by atoms with Gasteiger partial charge in [0.2, 0.25) is 0 Å². The van der Waals surface area contributed by atoms with E-state index in [4.69, 9.17) is 4.52 Å². The molecule has 1 aromatic heterocycles. The standard InChI is InChI=1S/C15H14F3N3O2/c1-9-8-12(19-23-9)20-4-6-21(7-5-20)15(22)10-2-3-11(16)14(18)13(10)17/h2-3,8H,4-7H2,1H3. The summed E-state index contributed by atoms with van der Waals surface area (Å²) in [5, 5.41) is 3.90. The molecule has 1 saturated heterocycles. The lowest BCUT2D eigenvalue weighted by molar-refractivity contribution is 0.0740. The van der Waals surface area contributed by atoms with E-state index in [1.54, 1.807) is 13.0 Å². The van der Waals surface area contributed by atoms with Crippen LogP contribution in [0.15, 0.2) is 22.7 Å². The molecule has 0 aliphatic carbocycles. The highest BCUT2D eigenvalue weighted by Crippen LogP contribution is 2.20. The predicted molar refractivity (Wildman–Crippen MR) is 75.7 cm³/mol. The minimum absolute atomic E-state index is 0.323. The van der Waals surface area contributed by atoms with Crippen LogP contribution in [0.3, 0.4) is 0 Å². The predicted octanol–water partition coefficient (Wildman–Crippen LogP) is 2.36. The molecule has 23 heavy (non-hydrogen) atoms. The van der Waals surface area contributed by atoms with E-state index in [1.807, 2.05) is 4.90 Å². The first kappa shape index (κ1) is 15.4. The van der Waals surface area contributed by atoms with E-state index in [2.05, 4.69) is 5.16 Å². The van der Waals surface area contributed by atoms with Crippen molar-refractivity contribution < 1.29 is 22.5 Å². The van der Waals surface area contributed by atoms with E-state index >= 15 is 0 Å².